The van der Waals surface area contributed by atoms with Gasteiger partial charge >= 0.3 is 0 Å². The average molecular weight is 250 g/mol. The molecule has 0 aliphatic carbocycles. The summed E-state index contributed by atoms with van der Waals surface area (Å²) in [5, 5.41) is 10.6. The Morgan fingerprint density at radius 2 is 2.24 bits per heavy atom. The first-order valence-corrected chi connectivity index (χ1v) is 5.12. The Morgan fingerprint density at radius 3 is 2.94 bits per heavy atom. The zero-order valence-electron chi connectivity index (χ0n) is 8.58. The van der Waals surface area contributed by atoms with Crippen LogP contribution in [0.4, 0.5) is 5.69 Å². The second-order valence-electron chi connectivity index (χ2n) is 3.36. The van der Waals surface area contributed by atoms with Crippen LogP contribution in [0, 0.1) is 5.41 Å². The average Bonchev–Trinajstić information content (AvgIpc) is 2.31. The molecule has 1 aromatic heterocycles. The van der Waals surface area contributed by atoms with E-state index in [0.29, 0.717) is 22.7 Å². The Balaban J connectivity index is 2.60. The van der Waals surface area contributed by atoms with Crippen molar-refractivity contribution in [3.05, 3.63) is 39.8 Å². The molecule has 0 bridgehead atoms. The van der Waals surface area contributed by atoms with Crippen molar-refractivity contribution in [1.82, 2.24) is 4.98 Å². The van der Waals surface area contributed by atoms with Gasteiger partial charge in [0.1, 0.15) is 0 Å². The quantitative estimate of drug-likeness (QED) is 0.709. The number of aromatic amines is 1. The highest BCUT2D eigenvalue weighted by atomic mass is 35.5. The molecule has 1 aromatic carbocycles. The lowest BCUT2D eigenvalue weighted by Crippen LogP contribution is -2.12. The number of fused-ring (bicyclic) bond motifs is 1. The maximum atomic E-state index is 11.5. The molecule has 3 N–H and O–H groups in total. The normalized spacial score (nSPS) is 10.2. The van der Waals surface area contributed by atoms with E-state index in [1.165, 1.54) is 12.3 Å². The van der Waals surface area contributed by atoms with Crippen LogP contribution in [0.1, 0.15) is 0 Å². The highest BCUT2D eigenvalue weighted by Gasteiger charge is 2.07. The maximum absolute atomic E-state index is 11.5. The van der Waals surface area contributed by atoms with Crippen molar-refractivity contribution in [2.45, 2.75) is 0 Å². The molecule has 1 heterocycles. The van der Waals surface area contributed by atoms with E-state index in [9.17, 15) is 9.59 Å². The maximum Gasteiger partial charge on any atom is 0.266 e. The number of hydrogen-bond acceptors (Lipinski definition) is 3. The van der Waals surface area contributed by atoms with Gasteiger partial charge in [-0.3, -0.25) is 9.59 Å². The van der Waals surface area contributed by atoms with E-state index < -0.39 is 5.91 Å². The summed E-state index contributed by atoms with van der Waals surface area (Å²) in [6.45, 7) is 0. The minimum atomic E-state index is -0.573. The van der Waals surface area contributed by atoms with Gasteiger partial charge < -0.3 is 15.7 Å². The molecule has 5 nitrogen and oxygen atoms in total. The van der Waals surface area contributed by atoms with Crippen LogP contribution in [0.5, 0.6) is 0 Å². The van der Waals surface area contributed by atoms with Crippen molar-refractivity contribution in [3.63, 3.8) is 0 Å². The van der Waals surface area contributed by atoms with E-state index in [-0.39, 0.29) is 10.6 Å². The molecule has 0 spiro atoms. The molecule has 86 valence electrons. The smallest absolute Gasteiger partial charge is 0.266 e. The standard InChI is InChI=1S/C11H8ClN3O2/c12-8-4-7-6(1-2-14-11(7)17)3-9(8)15-10(16)5-13/h1-5,13H,(H,14,17)(H,15,16). The Morgan fingerprint density at radius 1 is 1.47 bits per heavy atom. The number of rotatable bonds is 2. The third-order valence-corrected chi connectivity index (χ3v) is 2.56. The van der Waals surface area contributed by atoms with Crippen LogP contribution in [-0.2, 0) is 4.79 Å². The lowest BCUT2D eigenvalue weighted by Gasteiger charge is -2.06. The number of H-pyrrole nitrogens is 1. The van der Waals surface area contributed by atoms with Crippen LogP contribution < -0.4 is 10.9 Å². The van der Waals surface area contributed by atoms with Crippen molar-refractivity contribution >= 4 is 40.2 Å². The number of amides is 1. The minimum Gasteiger partial charge on any atom is -0.329 e. The number of halogens is 1. The third-order valence-electron chi connectivity index (χ3n) is 2.25. The van der Waals surface area contributed by atoms with Crippen LogP contribution in [-0.4, -0.2) is 17.1 Å². The molecule has 0 unspecified atom stereocenters. The highest BCUT2D eigenvalue weighted by molar-refractivity contribution is 6.37. The van der Waals surface area contributed by atoms with Gasteiger partial charge in [-0.25, -0.2) is 0 Å². The van der Waals surface area contributed by atoms with Crippen LogP contribution in [0.3, 0.4) is 0 Å². The molecule has 2 aromatic rings. The molecule has 0 aliphatic rings. The van der Waals surface area contributed by atoms with Gasteiger partial charge in [-0.15, -0.1) is 0 Å². The zero-order valence-corrected chi connectivity index (χ0v) is 9.34. The van der Waals surface area contributed by atoms with Gasteiger partial charge in [-0.2, -0.15) is 0 Å². The minimum absolute atomic E-state index is 0.241. The number of aromatic nitrogens is 1. The molecule has 0 radical (unpaired) electrons. The van der Waals surface area contributed by atoms with E-state index in [1.807, 2.05) is 0 Å². The SMILES string of the molecule is N=CC(=O)Nc1cc2cc[nH]c(=O)c2cc1Cl. The van der Waals surface area contributed by atoms with Gasteiger partial charge in [0.2, 0.25) is 0 Å². The predicted molar refractivity (Wildman–Crippen MR) is 67.0 cm³/mol. The summed E-state index contributed by atoms with van der Waals surface area (Å²) in [6.07, 6.45) is 2.17. The van der Waals surface area contributed by atoms with Crippen molar-refractivity contribution in [2.24, 2.45) is 0 Å². The van der Waals surface area contributed by atoms with Gasteiger partial charge in [0.15, 0.2) is 0 Å². The second-order valence-corrected chi connectivity index (χ2v) is 3.77. The van der Waals surface area contributed by atoms with Crippen LogP contribution >= 0.6 is 11.6 Å². The molecule has 0 atom stereocenters. The number of anilines is 1. The van der Waals surface area contributed by atoms with Crippen molar-refractivity contribution in [2.75, 3.05) is 5.32 Å². The van der Waals surface area contributed by atoms with Gasteiger partial charge in [0, 0.05) is 11.6 Å². The number of carbonyl (C=O) groups is 1. The van der Waals surface area contributed by atoms with Crippen molar-refractivity contribution < 1.29 is 4.79 Å². The molecule has 17 heavy (non-hydrogen) atoms. The first kappa shape index (κ1) is 11.3. The molecular weight excluding hydrogens is 242 g/mol. The molecule has 6 heteroatoms. The lowest BCUT2D eigenvalue weighted by molar-refractivity contribution is -0.110. The molecular formula is C11H8ClN3O2. The fourth-order valence-corrected chi connectivity index (χ4v) is 1.68. The van der Waals surface area contributed by atoms with E-state index in [1.54, 1.807) is 12.1 Å². The molecule has 0 saturated heterocycles. The molecule has 1 amide bonds. The largest absolute Gasteiger partial charge is 0.329 e. The first-order chi connectivity index (χ1) is 8.11. The Hall–Kier alpha value is -2.14. The van der Waals surface area contributed by atoms with E-state index in [2.05, 4.69) is 10.3 Å². The summed E-state index contributed by atoms with van der Waals surface area (Å²) in [5.41, 5.74) is 0.132. The zero-order chi connectivity index (χ0) is 12.4. The molecule has 0 saturated carbocycles. The first-order valence-electron chi connectivity index (χ1n) is 4.74. The van der Waals surface area contributed by atoms with Crippen molar-refractivity contribution in [3.8, 4) is 0 Å². The van der Waals surface area contributed by atoms with Crippen LogP contribution in [0.15, 0.2) is 29.2 Å². The predicted octanol–water partition coefficient (Wildman–Crippen LogP) is 1.77. The highest BCUT2D eigenvalue weighted by Crippen LogP contribution is 2.26. The summed E-state index contributed by atoms with van der Waals surface area (Å²) in [4.78, 5) is 25.1. The summed E-state index contributed by atoms with van der Waals surface area (Å²) in [5.74, 6) is -0.573. The number of pyridine rings is 1. The molecule has 2 rings (SSSR count). The van der Waals surface area contributed by atoms with E-state index in [4.69, 9.17) is 17.0 Å². The Labute approximate surface area is 101 Å². The summed E-state index contributed by atoms with van der Waals surface area (Å²) >= 11 is 5.93. The number of benzene rings is 1. The second kappa shape index (κ2) is 4.39. The van der Waals surface area contributed by atoms with E-state index in [0.717, 1.165) is 0 Å². The number of hydrogen-bond donors (Lipinski definition) is 3. The number of carbonyl (C=O) groups excluding carboxylic acids is 1. The summed E-state index contributed by atoms with van der Waals surface area (Å²) in [6, 6.07) is 4.77. The fraction of sp³-hybridized carbons (Fsp3) is 0. The molecule has 0 fully saturated rings. The van der Waals surface area contributed by atoms with Gasteiger partial charge in [0.25, 0.3) is 11.5 Å². The number of nitrogens with one attached hydrogen (secondary N) is 3. The Kier molecular flexibility index (Phi) is 2.93. The van der Waals surface area contributed by atoms with Gasteiger partial charge in [0.05, 0.1) is 16.9 Å². The molecule has 0 aliphatic heterocycles. The van der Waals surface area contributed by atoms with E-state index >= 15 is 0 Å². The lowest BCUT2D eigenvalue weighted by atomic mass is 10.1. The Bertz CT molecular complexity index is 663. The topological polar surface area (TPSA) is 85.8 Å². The third kappa shape index (κ3) is 2.19. The fourth-order valence-electron chi connectivity index (χ4n) is 1.47. The summed E-state index contributed by atoms with van der Waals surface area (Å²) < 4.78 is 0. The van der Waals surface area contributed by atoms with Crippen LogP contribution in [0.25, 0.3) is 10.8 Å². The van der Waals surface area contributed by atoms with Gasteiger partial charge in [-0.1, -0.05) is 11.6 Å². The van der Waals surface area contributed by atoms with Crippen LogP contribution in [0.2, 0.25) is 5.02 Å². The summed E-state index contributed by atoms with van der Waals surface area (Å²) in [7, 11) is 0. The monoisotopic (exact) mass is 249 g/mol. The van der Waals surface area contributed by atoms with Gasteiger partial charge in [-0.05, 0) is 23.6 Å². The van der Waals surface area contributed by atoms with Crippen molar-refractivity contribution in [1.29, 1.82) is 5.41 Å².